The third-order valence-electron chi connectivity index (χ3n) is 3.01. The topological polar surface area (TPSA) is 64.5 Å². The second-order valence-electron chi connectivity index (χ2n) is 4.55. The van der Waals surface area contributed by atoms with Crippen LogP contribution >= 0.6 is 0 Å². The largest absolute Gasteiger partial charge is 0.480 e. The Labute approximate surface area is 107 Å². The van der Waals surface area contributed by atoms with Crippen molar-refractivity contribution in [2.75, 3.05) is 28.3 Å². The molecule has 1 rings (SSSR count). The highest BCUT2D eigenvalue weighted by Gasteiger charge is 2.34. The summed E-state index contributed by atoms with van der Waals surface area (Å²) in [6, 6.07) is 0. The molecule has 1 heterocycles. The van der Waals surface area contributed by atoms with Gasteiger partial charge in [0.15, 0.2) is 5.69 Å². The monoisotopic (exact) mass is 253 g/mol. The van der Waals surface area contributed by atoms with Crippen molar-refractivity contribution >= 4 is 5.78 Å². The zero-order valence-corrected chi connectivity index (χ0v) is 11.6. The quantitative estimate of drug-likeness (QED) is 0.730. The normalized spacial score (nSPS) is 11.5. The summed E-state index contributed by atoms with van der Waals surface area (Å²) in [5, 5.41) is 0. The van der Waals surface area contributed by atoms with Gasteiger partial charge in [-0.2, -0.15) is 4.98 Å². The van der Waals surface area contributed by atoms with Crippen LogP contribution in [-0.2, 0) is 0 Å². The van der Waals surface area contributed by atoms with Crippen LogP contribution in [0.1, 0.15) is 24.3 Å². The lowest BCUT2D eigenvalue weighted by atomic mass is 9.95. The number of Topliss-reactive ketones (excluding diaryl/α,β-unsaturated/α-hetero) is 1. The van der Waals surface area contributed by atoms with E-state index in [-0.39, 0.29) is 17.4 Å². The molecule has 0 spiro atoms. The van der Waals surface area contributed by atoms with Gasteiger partial charge in [0.05, 0.1) is 26.0 Å². The second kappa shape index (κ2) is 5.30. The molecule has 0 N–H and O–H groups in total. The first-order valence-corrected chi connectivity index (χ1v) is 5.51. The maximum Gasteiger partial charge on any atom is 0.246 e. The molecule has 0 aliphatic heterocycles. The summed E-state index contributed by atoms with van der Waals surface area (Å²) in [5.41, 5.74) is -0.478. The fraction of sp³-hybridized carbons (Fsp3) is 0.583. The number of ketones is 1. The number of likely N-dealkylation sites (N-methyl/N-ethyl adjacent to an activating group) is 1. The molecule has 0 amide bonds. The number of aromatic nitrogens is 2. The molecule has 0 radical (unpaired) electrons. The summed E-state index contributed by atoms with van der Waals surface area (Å²) >= 11 is 0. The predicted octanol–water partition coefficient (Wildman–Crippen LogP) is 1.02. The number of rotatable bonds is 5. The summed E-state index contributed by atoms with van der Waals surface area (Å²) < 4.78 is 10.0. The van der Waals surface area contributed by atoms with Crippen LogP contribution in [0.5, 0.6) is 11.8 Å². The molecule has 18 heavy (non-hydrogen) atoms. The third kappa shape index (κ3) is 2.59. The molecular formula is C12H19N3O3. The van der Waals surface area contributed by atoms with Crippen molar-refractivity contribution in [2.45, 2.75) is 19.4 Å². The van der Waals surface area contributed by atoms with E-state index in [2.05, 4.69) is 9.97 Å². The van der Waals surface area contributed by atoms with E-state index in [4.69, 9.17) is 9.47 Å². The fourth-order valence-electron chi connectivity index (χ4n) is 1.25. The molecule has 0 aliphatic carbocycles. The molecule has 0 aliphatic rings. The molecule has 0 aromatic carbocycles. The lowest BCUT2D eigenvalue weighted by molar-refractivity contribution is 0.0745. The maximum atomic E-state index is 12.4. The van der Waals surface area contributed by atoms with Gasteiger partial charge in [-0.1, -0.05) is 0 Å². The number of nitrogens with zero attached hydrogens (tertiary/aromatic N) is 3. The summed E-state index contributed by atoms with van der Waals surface area (Å²) in [7, 11) is 6.60. The van der Waals surface area contributed by atoms with Crippen LogP contribution in [-0.4, -0.2) is 54.5 Å². The van der Waals surface area contributed by atoms with Crippen molar-refractivity contribution in [3.8, 4) is 11.8 Å². The Morgan fingerprint density at radius 1 is 1.28 bits per heavy atom. The van der Waals surface area contributed by atoms with E-state index in [0.29, 0.717) is 5.88 Å². The van der Waals surface area contributed by atoms with Crippen molar-refractivity contribution in [1.29, 1.82) is 0 Å². The standard InChI is InChI=1S/C12H19N3O3/c1-12(2,15(3)4)10(16)9-11(18-6)14-8(17-5)7-13-9/h7H,1-6H3. The van der Waals surface area contributed by atoms with Crippen LogP contribution in [0, 0.1) is 0 Å². The van der Waals surface area contributed by atoms with Gasteiger partial charge in [0.1, 0.15) is 0 Å². The fourth-order valence-corrected chi connectivity index (χ4v) is 1.25. The average Bonchev–Trinajstić information content (AvgIpc) is 2.36. The number of carbonyl (C=O) groups excluding carboxylic acids is 1. The minimum Gasteiger partial charge on any atom is -0.480 e. The van der Waals surface area contributed by atoms with E-state index in [1.54, 1.807) is 0 Å². The van der Waals surface area contributed by atoms with Gasteiger partial charge in [-0.05, 0) is 27.9 Å². The summed E-state index contributed by atoms with van der Waals surface area (Å²) in [5.74, 6) is 0.333. The molecule has 0 unspecified atom stereocenters. The van der Waals surface area contributed by atoms with Crippen molar-refractivity contribution in [2.24, 2.45) is 0 Å². The molecule has 1 aromatic heterocycles. The molecule has 0 saturated carbocycles. The lowest BCUT2D eigenvalue weighted by Gasteiger charge is -2.30. The van der Waals surface area contributed by atoms with Crippen molar-refractivity contribution in [3.05, 3.63) is 11.9 Å². The van der Waals surface area contributed by atoms with Gasteiger partial charge in [-0.15, -0.1) is 0 Å². The zero-order valence-electron chi connectivity index (χ0n) is 11.6. The first-order chi connectivity index (χ1) is 8.34. The van der Waals surface area contributed by atoms with Gasteiger partial charge in [-0.25, -0.2) is 4.98 Å². The molecule has 0 fully saturated rings. The van der Waals surface area contributed by atoms with Crippen LogP contribution in [0.15, 0.2) is 6.20 Å². The lowest BCUT2D eigenvalue weighted by Crippen LogP contribution is -2.46. The Kier molecular flexibility index (Phi) is 4.24. The van der Waals surface area contributed by atoms with Crippen LogP contribution in [0.3, 0.4) is 0 Å². The Hall–Kier alpha value is -1.69. The summed E-state index contributed by atoms with van der Waals surface area (Å²) in [6.07, 6.45) is 1.40. The van der Waals surface area contributed by atoms with Crippen molar-refractivity contribution in [1.82, 2.24) is 14.9 Å². The minimum atomic E-state index is -0.684. The SMILES string of the molecule is COc1cnc(C(=O)C(C)(C)N(C)C)c(OC)n1. The molecule has 6 nitrogen and oxygen atoms in total. The Morgan fingerprint density at radius 2 is 1.89 bits per heavy atom. The summed E-state index contributed by atoms with van der Waals surface area (Å²) in [6.45, 7) is 3.64. The van der Waals surface area contributed by atoms with E-state index in [1.807, 2.05) is 32.8 Å². The Bertz CT molecular complexity index is 444. The van der Waals surface area contributed by atoms with Gasteiger partial charge in [0, 0.05) is 0 Å². The smallest absolute Gasteiger partial charge is 0.246 e. The zero-order chi connectivity index (χ0) is 13.9. The van der Waals surface area contributed by atoms with Gasteiger partial charge in [0.2, 0.25) is 17.5 Å². The molecule has 6 heteroatoms. The van der Waals surface area contributed by atoms with Gasteiger partial charge < -0.3 is 9.47 Å². The van der Waals surface area contributed by atoms with E-state index in [1.165, 1.54) is 20.4 Å². The van der Waals surface area contributed by atoms with E-state index < -0.39 is 5.54 Å². The molecule has 0 bridgehead atoms. The summed E-state index contributed by atoms with van der Waals surface area (Å²) in [4.78, 5) is 22.4. The Balaban J connectivity index is 3.21. The minimum absolute atomic E-state index is 0.153. The molecule has 0 saturated heterocycles. The second-order valence-corrected chi connectivity index (χ2v) is 4.55. The highest BCUT2D eigenvalue weighted by atomic mass is 16.5. The molecule has 100 valence electrons. The number of hydrogen-bond donors (Lipinski definition) is 0. The van der Waals surface area contributed by atoms with Crippen molar-refractivity contribution < 1.29 is 14.3 Å². The van der Waals surface area contributed by atoms with E-state index in [0.717, 1.165) is 0 Å². The highest BCUT2D eigenvalue weighted by molar-refractivity contribution is 6.02. The van der Waals surface area contributed by atoms with Gasteiger partial charge in [0.25, 0.3) is 0 Å². The number of methoxy groups -OCH3 is 2. The highest BCUT2D eigenvalue weighted by Crippen LogP contribution is 2.23. The van der Waals surface area contributed by atoms with Crippen molar-refractivity contribution in [3.63, 3.8) is 0 Å². The van der Waals surface area contributed by atoms with Crippen LogP contribution in [0.25, 0.3) is 0 Å². The van der Waals surface area contributed by atoms with Crippen LogP contribution < -0.4 is 9.47 Å². The Morgan fingerprint density at radius 3 is 2.33 bits per heavy atom. The number of carbonyl (C=O) groups is 1. The van der Waals surface area contributed by atoms with Crippen LogP contribution in [0.4, 0.5) is 0 Å². The third-order valence-corrected chi connectivity index (χ3v) is 3.01. The van der Waals surface area contributed by atoms with E-state index in [9.17, 15) is 4.79 Å². The predicted molar refractivity (Wildman–Crippen MR) is 67.2 cm³/mol. The first kappa shape index (κ1) is 14.4. The van der Waals surface area contributed by atoms with Gasteiger partial charge >= 0.3 is 0 Å². The van der Waals surface area contributed by atoms with Gasteiger partial charge in [-0.3, -0.25) is 9.69 Å². The molecular weight excluding hydrogens is 234 g/mol. The number of hydrogen-bond acceptors (Lipinski definition) is 6. The molecule has 1 aromatic rings. The molecule has 0 atom stereocenters. The van der Waals surface area contributed by atoms with Crippen LogP contribution in [0.2, 0.25) is 0 Å². The number of ether oxygens (including phenoxy) is 2. The van der Waals surface area contributed by atoms with E-state index >= 15 is 0 Å². The first-order valence-electron chi connectivity index (χ1n) is 5.51. The average molecular weight is 253 g/mol. The maximum absolute atomic E-state index is 12.4.